The lowest BCUT2D eigenvalue weighted by Crippen LogP contribution is -2.01. The highest BCUT2D eigenvalue weighted by Gasteiger charge is 2.15. The first kappa shape index (κ1) is 16.5. The van der Waals surface area contributed by atoms with Gasteiger partial charge < -0.3 is 24.4 Å². The van der Waals surface area contributed by atoms with Gasteiger partial charge in [0, 0.05) is 24.6 Å². The summed E-state index contributed by atoms with van der Waals surface area (Å²) in [5, 5.41) is 19.8. The van der Waals surface area contributed by atoms with Crippen LogP contribution < -0.4 is 9.47 Å². The molecule has 6 nitrogen and oxygen atoms in total. The van der Waals surface area contributed by atoms with Gasteiger partial charge in [-0.05, 0) is 30.7 Å². The van der Waals surface area contributed by atoms with Crippen LogP contribution in [0.5, 0.6) is 28.7 Å². The average Bonchev–Trinajstić information content (AvgIpc) is 2.46. The highest BCUT2D eigenvalue weighted by atomic mass is 16.5. The van der Waals surface area contributed by atoms with Gasteiger partial charge in [-0.1, -0.05) is 0 Å². The summed E-state index contributed by atoms with van der Waals surface area (Å²) in [6.45, 7) is 3.02. The topological polar surface area (TPSA) is 85.2 Å². The van der Waals surface area contributed by atoms with Crippen molar-refractivity contribution < 1.29 is 29.2 Å². The van der Waals surface area contributed by atoms with Crippen LogP contribution in [0.4, 0.5) is 0 Å². The second-order valence-electron chi connectivity index (χ2n) is 5.02. The number of esters is 1. The molecule has 0 bridgehead atoms. The molecule has 2 aromatic carbocycles. The molecular weight excluding hydrogens is 300 g/mol. The standard InChI is InChI=1S/C17H18O6/c1-10-4-13(19)7-15(5-10)23-17-12(9-22-11(2)18)6-14(21-3)8-16(17)20/h4-8,19-20H,9H2,1-3H3. The zero-order valence-electron chi connectivity index (χ0n) is 13.1. The molecule has 0 heterocycles. The summed E-state index contributed by atoms with van der Waals surface area (Å²) in [4.78, 5) is 11.0. The van der Waals surface area contributed by atoms with Gasteiger partial charge in [0.1, 0.15) is 23.9 Å². The van der Waals surface area contributed by atoms with Crippen molar-refractivity contribution in [2.45, 2.75) is 20.5 Å². The Morgan fingerprint density at radius 3 is 2.43 bits per heavy atom. The van der Waals surface area contributed by atoms with Crippen molar-refractivity contribution in [3.63, 3.8) is 0 Å². The number of aromatic hydroxyl groups is 2. The van der Waals surface area contributed by atoms with Gasteiger partial charge in [-0.3, -0.25) is 4.79 Å². The monoisotopic (exact) mass is 318 g/mol. The van der Waals surface area contributed by atoms with E-state index in [-0.39, 0.29) is 23.9 Å². The molecule has 122 valence electrons. The first-order valence-electron chi connectivity index (χ1n) is 6.91. The fourth-order valence-corrected chi connectivity index (χ4v) is 2.07. The van der Waals surface area contributed by atoms with E-state index in [0.29, 0.717) is 17.1 Å². The number of carbonyl (C=O) groups is 1. The summed E-state index contributed by atoms with van der Waals surface area (Å²) in [7, 11) is 1.46. The molecule has 0 spiro atoms. The highest BCUT2D eigenvalue weighted by molar-refractivity contribution is 5.66. The number of methoxy groups -OCH3 is 1. The molecule has 0 aromatic heterocycles. The normalized spacial score (nSPS) is 10.2. The van der Waals surface area contributed by atoms with Gasteiger partial charge in [0.15, 0.2) is 11.5 Å². The molecule has 2 rings (SSSR count). The lowest BCUT2D eigenvalue weighted by molar-refractivity contribution is -0.142. The number of carbonyl (C=O) groups excluding carboxylic acids is 1. The number of hydrogen-bond acceptors (Lipinski definition) is 6. The van der Waals surface area contributed by atoms with Crippen LogP contribution in [-0.2, 0) is 16.1 Å². The third kappa shape index (κ3) is 4.29. The van der Waals surface area contributed by atoms with E-state index in [0.717, 1.165) is 5.56 Å². The number of aryl methyl sites for hydroxylation is 1. The fraction of sp³-hybridized carbons (Fsp3) is 0.235. The van der Waals surface area contributed by atoms with Crippen LogP contribution in [0.2, 0.25) is 0 Å². The third-order valence-electron chi connectivity index (χ3n) is 3.04. The number of hydrogen-bond donors (Lipinski definition) is 2. The predicted molar refractivity (Wildman–Crippen MR) is 83.0 cm³/mol. The Morgan fingerprint density at radius 2 is 1.83 bits per heavy atom. The van der Waals surface area contributed by atoms with Gasteiger partial charge in [-0.2, -0.15) is 0 Å². The summed E-state index contributed by atoms with van der Waals surface area (Å²) >= 11 is 0. The maximum atomic E-state index is 11.0. The molecule has 0 atom stereocenters. The Balaban J connectivity index is 2.40. The smallest absolute Gasteiger partial charge is 0.302 e. The molecule has 0 aliphatic rings. The van der Waals surface area contributed by atoms with E-state index >= 15 is 0 Å². The quantitative estimate of drug-likeness (QED) is 0.823. The molecule has 0 unspecified atom stereocenters. The van der Waals surface area contributed by atoms with Crippen molar-refractivity contribution in [2.24, 2.45) is 0 Å². The molecule has 2 aromatic rings. The van der Waals surface area contributed by atoms with E-state index in [1.165, 1.54) is 26.2 Å². The van der Waals surface area contributed by atoms with Crippen LogP contribution in [0.15, 0.2) is 30.3 Å². The molecule has 0 saturated carbocycles. The molecule has 2 N–H and O–H groups in total. The predicted octanol–water partition coefficient (Wildman–Crippen LogP) is 3.27. The van der Waals surface area contributed by atoms with Crippen LogP contribution in [0.25, 0.3) is 0 Å². The Labute approximate surface area is 133 Å². The van der Waals surface area contributed by atoms with Gasteiger partial charge in [0.05, 0.1) is 7.11 Å². The van der Waals surface area contributed by atoms with Gasteiger partial charge >= 0.3 is 5.97 Å². The third-order valence-corrected chi connectivity index (χ3v) is 3.04. The van der Waals surface area contributed by atoms with Crippen molar-refractivity contribution in [3.8, 4) is 28.7 Å². The van der Waals surface area contributed by atoms with E-state index in [1.807, 2.05) is 0 Å². The van der Waals surface area contributed by atoms with Gasteiger partial charge in [-0.15, -0.1) is 0 Å². The van der Waals surface area contributed by atoms with Crippen molar-refractivity contribution in [1.82, 2.24) is 0 Å². The molecule has 0 aliphatic carbocycles. The van der Waals surface area contributed by atoms with Gasteiger partial charge in [-0.25, -0.2) is 0 Å². The van der Waals surface area contributed by atoms with Crippen LogP contribution in [0, 0.1) is 6.92 Å². The molecule has 6 heteroatoms. The van der Waals surface area contributed by atoms with Gasteiger partial charge in [0.2, 0.25) is 0 Å². The second kappa shape index (κ2) is 6.91. The maximum Gasteiger partial charge on any atom is 0.302 e. The lowest BCUT2D eigenvalue weighted by Gasteiger charge is -2.15. The number of benzene rings is 2. The average molecular weight is 318 g/mol. The molecule has 23 heavy (non-hydrogen) atoms. The van der Waals surface area contributed by atoms with E-state index in [1.54, 1.807) is 25.1 Å². The van der Waals surface area contributed by atoms with Crippen LogP contribution in [0.3, 0.4) is 0 Å². The zero-order chi connectivity index (χ0) is 17.0. The first-order valence-corrected chi connectivity index (χ1v) is 6.91. The van der Waals surface area contributed by atoms with E-state index in [2.05, 4.69) is 0 Å². The first-order chi connectivity index (χ1) is 10.9. The van der Waals surface area contributed by atoms with E-state index in [4.69, 9.17) is 14.2 Å². The minimum absolute atomic E-state index is 0.0505. The summed E-state index contributed by atoms with van der Waals surface area (Å²) in [6.07, 6.45) is 0. The summed E-state index contributed by atoms with van der Waals surface area (Å²) < 4.78 is 15.7. The van der Waals surface area contributed by atoms with Crippen LogP contribution in [0.1, 0.15) is 18.1 Å². The van der Waals surface area contributed by atoms with Crippen molar-refractivity contribution >= 4 is 5.97 Å². The summed E-state index contributed by atoms with van der Waals surface area (Å²) in [6, 6.07) is 7.71. The van der Waals surface area contributed by atoms with E-state index < -0.39 is 5.97 Å². The Kier molecular flexibility index (Phi) is 4.95. The molecule has 0 amide bonds. The molecular formula is C17H18O6. The molecule has 0 radical (unpaired) electrons. The van der Waals surface area contributed by atoms with E-state index in [9.17, 15) is 15.0 Å². The van der Waals surface area contributed by atoms with Crippen molar-refractivity contribution in [3.05, 3.63) is 41.5 Å². The molecule has 0 fully saturated rings. The SMILES string of the molecule is COc1cc(O)c(Oc2cc(C)cc(O)c2)c(COC(C)=O)c1. The van der Waals surface area contributed by atoms with Crippen LogP contribution in [-0.4, -0.2) is 23.3 Å². The fourth-order valence-electron chi connectivity index (χ4n) is 2.07. The summed E-state index contributed by atoms with van der Waals surface area (Å²) in [5.74, 6) is 0.335. The zero-order valence-corrected chi connectivity index (χ0v) is 13.1. The molecule has 0 aliphatic heterocycles. The minimum Gasteiger partial charge on any atom is -0.508 e. The Hall–Kier alpha value is -2.89. The van der Waals surface area contributed by atoms with Gasteiger partial charge in [0.25, 0.3) is 0 Å². The lowest BCUT2D eigenvalue weighted by atomic mass is 10.1. The maximum absolute atomic E-state index is 11.0. The van der Waals surface area contributed by atoms with Crippen LogP contribution >= 0.6 is 0 Å². The molecule has 0 saturated heterocycles. The van der Waals surface area contributed by atoms with Crippen molar-refractivity contribution in [2.75, 3.05) is 7.11 Å². The number of phenolic OH excluding ortho intramolecular Hbond substituents is 2. The largest absolute Gasteiger partial charge is 0.508 e. The number of rotatable bonds is 5. The second-order valence-corrected chi connectivity index (χ2v) is 5.02. The van der Waals surface area contributed by atoms with Crippen molar-refractivity contribution in [1.29, 1.82) is 0 Å². The number of ether oxygens (including phenoxy) is 3. The number of phenols is 2. The minimum atomic E-state index is -0.452. The Bertz CT molecular complexity index is 703. The Morgan fingerprint density at radius 1 is 1.09 bits per heavy atom. The highest BCUT2D eigenvalue weighted by Crippen LogP contribution is 2.39. The summed E-state index contributed by atoms with van der Waals surface area (Å²) in [5.41, 5.74) is 1.24.